The van der Waals surface area contributed by atoms with Gasteiger partial charge in [0.05, 0.1) is 5.56 Å². The van der Waals surface area contributed by atoms with Gasteiger partial charge in [-0.15, -0.1) is 0 Å². The van der Waals surface area contributed by atoms with Gasteiger partial charge in [0.1, 0.15) is 11.3 Å². The highest BCUT2D eigenvalue weighted by Crippen LogP contribution is 2.36. The lowest BCUT2D eigenvalue weighted by atomic mass is 10.0. The lowest BCUT2D eigenvalue weighted by Crippen LogP contribution is -1.83. The van der Waals surface area contributed by atoms with E-state index in [1.807, 2.05) is 48.5 Å². The lowest BCUT2D eigenvalue weighted by Gasteiger charge is -1.94. The quantitative estimate of drug-likeness (QED) is 0.512. The summed E-state index contributed by atoms with van der Waals surface area (Å²) in [5.74, 6) is 0.269. The molecule has 0 amide bonds. The molecule has 2 heterocycles. The van der Waals surface area contributed by atoms with Crippen LogP contribution in [0.5, 0.6) is 0 Å². The van der Waals surface area contributed by atoms with Crippen LogP contribution in [0, 0.1) is 0 Å². The molecule has 0 N–H and O–H groups in total. The molecule has 4 aromatic rings. The monoisotopic (exact) mass is 263 g/mol. The molecule has 0 bridgehead atoms. The zero-order valence-corrected chi connectivity index (χ0v) is 10.4. The van der Waals surface area contributed by atoms with Gasteiger partial charge in [0.25, 0.3) is 0 Å². The highest BCUT2D eigenvalue weighted by atomic mass is 16.5. The second-order valence-corrected chi connectivity index (χ2v) is 4.48. The van der Waals surface area contributed by atoms with E-state index in [0.29, 0.717) is 28.7 Å². The molecule has 96 valence electrons. The van der Waals surface area contributed by atoms with Crippen LogP contribution in [-0.2, 0) is 0 Å². The van der Waals surface area contributed by atoms with Gasteiger partial charge in [-0.25, -0.2) is 0 Å². The number of benzene rings is 2. The number of hydrogen-bond donors (Lipinski definition) is 0. The van der Waals surface area contributed by atoms with Crippen molar-refractivity contribution in [3.05, 3.63) is 54.3 Å². The smallest absolute Gasteiger partial charge is 0.186 e. The Morgan fingerprint density at radius 1 is 0.900 bits per heavy atom. The van der Waals surface area contributed by atoms with Crippen molar-refractivity contribution in [3.63, 3.8) is 0 Å². The Morgan fingerprint density at radius 3 is 2.40 bits per heavy atom. The first-order chi connectivity index (χ1) is 9.88. The van der Waals surface area contributed by atoms with E-state index in [9.17, 15) is 4.79 Å². The van der Waals surface area contributed by atoms with E-state index in [4.69, 9.17) is 8.94 Å². The number of aldehydes is 1. The summed E-state index contributed by atoms with van der Waals surface area (Å²) in [4.78, 5) is 11.3. The van der Waals surface area contributed by atoms with Gasteiger partial charge in [-0.1, -0.05) is 35.5 Å². The fourth-order valence-corrected chi connectivity index (χ4v) is 2.46. The summed E-state index contributed by atoms with van der Waals surface area (Å²) in [5.41, 5.74) is 2.66. The SMILES string of the molecule is O=Cc1oc2ccccc2c1-c1noc2ccccc12. The Labute approximate surface area is 113 Å². The summed E-state index contributed by atoms with van der Waals surface area (Å²) in [7, 11) is 0. The van der Waals surface area contributed by atoms with Gasteiger partial charge in [-0.05, 0) is 18.2 Å². The molecule has 20 heavy (non-hydrogen) atoms. The summed E-state index contributed by atoms with van der Waals surface area (Å²) in [5, 5.41) is 5.82. The summed E-state index contributed by atoms with van der Waals surface area (Å²) in [6.07, 6.45) is 0.707. The zero-order valence-electron chi connectivity index (χ0n) is 10.4. The number of carbonyl (C=O) groups excluding carboxylic acids is 1. The topological polar surface area (TPSA) is 56.2 Å². The minimum atomic E-state index is 0.269. The molecule has 0 radical (unpaired) electrons. The summed E-state index contributed by atoms with van der Waals surface area (Å²) < 4.78 is 10.9. The molecule has 2 aromatic carbocycles. The average Bonchev–Trinajstić information content (AvgIpc) is 3.07. The van der Waals surface area contributed by atoms with Crippen LogP contribution < -0.4 is 0 Å². The number of hydrogen-bond acceptors (Lipinski definition) is 4. The molecule has 0 fully saturated rings. The van der Waals surface area contributed by atoms with Crippen LogP contribution in [0.4, 0.5) is 0 Å². The van der Waals surface area contributed by atoms with Crippen molar-refractivity contribution in [3.8, 4) is 11.3 Å². The molecule has 0 aliphatic rings. The molecule has 4 nitrogen and oxygen atoms in total. The first-order valence-electron chi connectivity index (χ1n) is 6.20. The van der Waals surface area contributed by atoms with Gasteiger partial charge >= 0.3 is 0 Å². The molecule has 4 rings (SSSR count). The molecular formula is C16H9NO3. The third-order valence-corrected chi connectivity index (χ3v) is 3.34. The van der Waals surface area contributed by atoms with Gasteiger partial charge < -0.3 is 8.94 Å². The van der Waals surface area contributed by atoms with E-state index in [0.717, 1.165) is 10.8 Å². The molecule has 0 saturated carbocycles. The predicted molar refractivity (Wildman–Crippen MR) is 74.6 cm³/mol. The zero-order chi connectivity index (χ0) is 13.5. The Bertz CT molecular complexity index is 933. The molecule has 0 unspecified atom stereocenters. The van der Waals surface area contributed by atoms with E-state index >= 15 is 0 Å². The highest BCUT2D eigenvalue weighted by Gasteiger charge is 2.20. The maximum Gasteiger partial charge on any atom is 0.186 e. The number of fused-ring (bicyclic) bond motifs is 2. The number of nitrogens with zero attached hydrogens (tertiary/aromatic N) is 1. The van der Waals surface area contributed by atoms with Crippen LogP contribution in [-0.4, -0.2) is 11.4 Å². The van der Waals surface area contributed by atoms with Gasteiger partial charge in [0.2, 0.25) is 0 Å². The van der Waals surface area contributed by atoms with Crippen molar-refractivity contribution >= 4 is 28.2 Å². The van der Waals surface area contributed by atoms with Crippen molar-refractivity contribution in [2.45, 2.75) is 0 Å². The fourth-order valence-electron chi connectivity index (χ4n) is 2.46. The Balaban J connectivity index is 2.14. The van der Waals surface area contributed by atoms with Gasteiger partial charge in [0.15, 0.2) is 17.6 Å². The second kappa shape index (κ2) is 4.06. The predicted octanol–water partition coefficient (Wildman–Crippen LogP) is 4.05. The second-order valence-electron chi connectivity index (χ2n) is 4.48. The van der Waals surface area contributed by atoms with Gasteiger partial charge in [0, 0.05) is 10.8 Å². The Kier molecular flexibility index (Phi) is 2.23. The van der Waals surface area contributed by atoms with E-state index in [1.54, 1.807) is 0 Å². The third kappa shape index (κ3) is 1.42. The Morgan fingerprint density at radius 2 is 1.60 bits per heavy atom. The number of para-hydroxylation sites is 2. The number of aromatic nitrogens is 1. The number of rotatable bonds is 2. The molecule has 4 heteroatoms. The van der Waals surface area contributed by atoms with Crippen LogP contribution in [0.2, 0.25) is 0 Å². The largest absolute Gasteiger partial charge is 0.453 e. The van der Waals surface area contributed by atoms with Crippen molar-refractivity contribution in [2.24, 2.45) is 0 Å². The molecule has 0 atom stereocenters. The molecular weight excluding hydrogens is 254 g/mol. The van der Waals surface area contributed by atoms with Crippen molar-refractivity contribution in [1.82, 2.24) is 5.16 Å². The van der Waals surface area contributed by atoms with Crippen LogP contribution in [0.3, 0.4) is 0 Å². The first kappa shape index (κ1) is 11.0. The maximum absolute atomic E-state index is 11.3. The van der Waals surface area contributed by atoms with Crippen molar-refractivity contribution in [2.75, 3.05) is 0 Å². The van der Waals surface area contributed by atoms with Crippen LogP contribution in [0.1, 0.15) is 10.6 Å². The lowest BCUT2D eigenvalue weighted by molar-refractivity contribution is 0.110. The van der Waals surface area contributed by atoms with E-state index in [1.165, 1.54) is 0 Å². The van der Waals surface area contributed by atoms with E-state index < -0.39 is 0 Å². The van der Waals surface area contributed by atoms with Crippen LogP contribution in [0.15, 0.2) is 57.5 Å². The maximum atomic E-state index is 11.3. The Hall–Kier alpha value is -2.88. The average molecular weight is 263 g/mol. The van der Waals surface area contributed by atoms with Crippen LogP contribution in [0.25, 0.3) is 33.2 Å². The fraction of sp³-hybridized carbons (Fsp3) is 0. The highest BCUT2D eigenvalue weighted by molar-refractivity contribution is 6.06. The molecule has 0 saturated heterocycles. The first-order valence-corrected chi connectivity index (χ1v) is 6.20. The summed E-state index contributed by atoms with van der Waals surface area (Å²) in [6.45, 7) is 0. The van der Waals surface area contributed by atoms with Gasteiger partial charge in [-0.2, -0.15) is 0 Å². The van der Waals surface area contributed by atoms with E-state index in [-0.39, 0.29) is 5.76 Å². The van der Waals surface area contributed by atoms with Crippen molar-refractivity contribution in [1.29, 1.82) is 0 Å². The van der Waals surface area contributed by atoms with Gasteiger partial charge in [-0.3, -0.25) is 4.79 Å². The molecule has 2 aromatic heterocycles. The number of carbonyl (C=O) groups is 1. The molecule has 0 aliphatic carbocycles. The molecule has 0 aliphatic heterocycles. The minimum Gasteiger partial charge on any atom is -0.453 e. The standard InChI is InChI=1S/C16H9NO3/c18-9-14-15(10-5-1-3-7-12(10)19-14)16-11-6-2-4-8-13(11)20-17-16/h1-9H. The van der Waals surface area contributed by atoms with Crippen LogP contribution >= 0.6 is 0 Å². The van der Waals surface area contributed by atoms with Crippen molar-refractivity contribution < 1.29 is 13.7 Å². The summed E-state index contributed by atoms with van der Waals surface area (Å²) in [6, 6.07) is 15.0. The third-order valence-electron chi connectivity index (χ3n) is 3.34. The van der Waals surface area contributed by atoms with E-state index in [2.05, 4.69) is 5.16 Å². The number of furan rings is 1. The summed E-state index contributed by atoms with van der Waals surface area (Å²) >= 11 is 0. The minimum absolute atomic E-state index is 0.269. The normalized spacial score (nSPS) is 11.2. The molecule has 0 spiro atoms.